The Morgan fingerprint density at radius 1 is 0.371 bits per heavy atom. The summed E-state index contributed by atoms with van der Waals surface area (Å²) >= 11 is 0. The highest BCUT2D eigenvalue weighted by Crippen LogP contribution is 2.17. The average molecular weight is 869 g/mol. The van der Waals surface area contributed by atoms with Gasteiger partial charge in [0.25, 0.3) is 0 Å². The van der Waals surface area contributed by atoms with Gasteiger partial charge in [-0.25, -0.2) is 0 Å². The van der Waals surface area contributed by atoms with Crippen LogP contribution in [-0.2, 0) is 4.79 Å². The third-order valence-corrected chi connectivity index (χ3v) is 12.8. The van der Waals surface area contributed by atoms with Gasteiger partial charge in [-0.15, -0.1) is 0 Å². The monoisotopic (exact) mass is 868 g/mol. The molecule has 0 aliphatic heterocycles. The molecule has 0 aliphatic rings. The standard InChI is InChI=1S/C58H109NO3/c1-3-5-7-9-11-13-15-17-18-19-20-21-22-23-24-25-26-27-28-29-30-31-32-33-34-35-36-37-38-39-40-42-44-46-48-50-52-54-58(62)59-56(55-60)57(61)53-51-49-47-45-43-41-16-14-12-10-8-6-4-2/h12,14,19-20,43,45,51,53,56-57,60-61H,3-11,13,15-18,21-42,44,46-50,52,54-55H2,1-2H3,(H,59,62)/b14-12+,20-19-,45-43+,53-51+. The molecule has 1 amide bonds. The van der Waals surface area contributed by atoms with E-state index in [0.717, 1.165) is 38.5 Å². The summed E-state index contributed by atoms with van der Waals surface area (Å²) in [5.41, 5.74) is 0. The highest BCUT2D eigenvalue weighted by Gasteiger charge is 2.18. The number of hydrogen-bond acceptors (Lipinski definition) is 3. The number of allylic oxidation sites excluding steroid dienone is 7. The van der Waals surface area contributed by atoms with Gasteiger partial charge in [-0.3, -0.25) is 4.79 Å². The summed E-state index contributed by atoms with van der Waals surface area (Å²) in [5, 5.41) is 23.0. The molecule has 4 heteroatoms. The lowest BCUT2D eigenvalue weighted by Crippen LogP contribution is -2.45. The molecule has 0 aromatic heterocycles. The van der Waals surface area contributed by atoms with Crippen LogP contribution >= 0.6 is 0 Å². The Labute approximate surface area is 388 Å². The lowest BCUT2D eigenvalue weighted by Gasteiger charge is -2.19. The van der Waals surface area contributed by atoms with Gasteiger partial charge >= 0.3 is 0 Å². The minimum atomic E-state index is -0.868. The van der Waals surface area contributed by atoms with E-state index in [1.165, 1.54) is 238 Å². The van der Waals surface area contributed by atoms with Crippen molar-refractivity contribution in [3.8, 4) is 0 Å². The summed E-state index contributed by atoms with van der Waals surface area (Å²) in [6.07, 6.45) is 74.4. The van der Waals surface area contributed by atoms with E-state index in [2.05, 4.69) is 55.6 Å². The SMILES string of the molecule is CCCCC/C=C/CC/C=C/CC/C=C/C(O)C(CO)NC(=O)CCCCCCCCCCCCCCCCCCCCCCCCCCC/C=C\CCCCCCCCCC. The molecule has 2 unspecified atom stereocenters. The first-order valence-corrected chi connectivity index (χ1v) is 27.9. The molecule has 0 aromatic carbocycles. The second-order valence-corrected chi connectivity index (χ2v) is 19.0. The molecular formula is C58H109NO3. The second kappa shape index (κ2) is 53.7. The fourth-order valence-corrected chi connectivity index (χ4v) is 8.50. The summed E-state index contributed by atoms with van der Waals surface area (Å²) in [6.45, 7) is 4.27. The van der Waals surface area contributed by atoms with E-state index >= 15 is 0 Å². The molecule has 0 aromatic rings. The maximum absolute atomic E-state index is 12.4. The summed E-state index contributed by atoms with van der Waals surface area (Å²) in [6, 6.07) is -0.643. The largest absolute Gasteiger partial charge is 0.394 e. The zero-order valence-corrected chi connectivity index (χ0v) is 41.9. The normalized spacial score (nSPS) is 13.2. The quantitative estimate of drug-likeness (QED) is 0.0421. The first-order valence-electron chi connectivity index (χ1n) is 27.9. The second-order valence-electron chi connectivity index (χ2n) is 19.0. The van der Waals surface area contributed by atoms with Crippen molar-refractivity contribution in [3.63, 3.8) is 0 Å². The molecule has 2 atom stereocenters. The van der Waals surface area contributed by atoms with Gasteiger partial charge in [0.05, 0.1) is 18.8 Å². The van der Waals surface area contributed by atoms with E-state index in [9.17, 15) is 15.0 Å². The number of aliphatic hydroxyl groups excluding tert-OH is 2. The van der Waals surface area contributed by atoms with Gasteiger partial charge in [0.2, 0.25) is 5.91 Å². The number of carbonyl (C=O) groups excluding carboxylic acids is 1. The van der Waals surface area contributed by atoms with Crippen molar-refractivity contribution in [3.05, 3.63) is 48.6 Å². The van der Waals surface area contributed by atoms with Crippen molar-refractivity contribution >= 4 is 5.91 Å². The van der Waals surface area contributed by atoms with Crippen LogP contribution < -0.4 is 5.32 Å². The molecule has 0 radical (unpaired) electrons. The van der Waals surface area contributed by atoms with E-state index in [-0.39, 0.29) is 12.5 Å². The van der Waals surface area contributed by atoms with Crippen LogP contribution in [0.2, 0.25) is 0 Å². The number of unbranched alkanes of at least 4 members (excludes halogenated alkanes) is 38. The topological polar surface area (TPSA) is 69.6 Å². The van der Waals surface area contributed by atoms with E-state index in [1.807, 2.05) is 6.08 Å². The molecule has 0 rings (SSSR count). The maximum Gasteiger partial charge on any atom is 0.220 e. The van der Waals surface area contributed by atoms with Crippen LogP contribution in [-0.4, -0.2) is 34.9 Å². The van der Waals surface area contributed by atoms with Crippen LogP contribution in [0.4, 0.5) is 0 Å². The fraction of sp³-hybridized carbons (Fsp3) is 0.845. The van der Waals surface area contributed by atoms with Crippen molar-refractivity contribution in [2.75, 3.05) is 6.61 Å². The molecular weight excluding hydrogens is 759 g/mol. The first-order chi connectivity index (χ1) is 30.7. The van der Waals surface area contributed by atoms with Gasteiger partial charge in [-0.2, -0.15) is 0 Å². The Morgan fingerprint density at radius 2 is 0.629 bits per heavy atom. The number of carbonyl (C=O) groups is 1. The molecule has 3 N–H and O–H groups in total. The fourth-order valence-electron chi connectivity index (χ4n) is 8.50. The molecule has 0 saturated heterocycles. The molecule has 0 bridgehead atoms. The van der Waals surface area contributed by atoms with Crippen LogP contribution in [0.1, 0.15) is 296 Å². The van der Waals surface area contributed by atoms with Gasteiger partial charge in [0.15, 0.2) is 0 Å². The summed E-state index contributed by atoms with van der Waals surface area (Å²) < 4.78 is 0. The van der Waals surface area contributed by atoms with E-state index in [4.69, 9.17) is 0 Å². The lowest BCUT2D eigenvalue weighted by molar-refractivity contribution is -0.123. The predicted octanol–water partition coefficient (Wildman–Crippen LogP) is 18.3. The number of amides is 1. The highest BCUT2D eigenvalue weighted by atomic mass is 16.3. The van der Waals surface area contributed by atoms with Gasteiger partial charge in [-0.1, -0.05) is 268 Å². The summed E-state index contributed by atoms with van der Waals surface area (Å²) in [7, 11) is 0. The van der Waals surface area contributed by atoms with Crippen molar-refractivity contribution in [2.24, 2.45) is 0 Å². The Bertz CT molecular complexity index is 985. The molecule has 0 saturated carbocycles. The van der Waals surface area contributed by atoms with Gasteiger partial charge < -0.3 is 15.5 Å². The van der Waals surface area contributed by atoms with Gasteiger partial charge in [0, 0.05) is 6.42 Å². The van der Waals surface area contributed by atoms with Crippen molar-refractivity contribution in [1.82, 2.24) is 5.32 Å². The van der Waals surface area contributed by atoms with E-state index < -0.39 is 12.1 Å². The van der Waals surface area contributed by atoms with Gasteiger partial charge in [-0.05, 0) is 70.6 Å². The summed E-state index contributed by atoms with van der Waals surface area (Å²) in [4.78, 5) is 12.4. The Hall–Kier alpha value is -1.65. The van der Waals surface area contributed by atoms with Crippen LogP contribution in [0, 0.1) is 0 Å². The van der Waals surface area contributed by atoms with Crippen molar-refractivity contribution in [2.45, 2.75) is 309 Å². The van der Waals surface area contributed by atoms with E-state index in [1.54, 1.807) is 6.08 Å². The molecule has 0 fully saturated rings. The predicted molar refractivity (Wildman–Crippen MR) is 276 cm³/mol. The Balaban J connectivity index is 3.40. The molecule has 4 nitrogen and oxygen atoms in total. The van der Waals surface area contributed by atoms with Crippen LogP contribution in [0.5, 0.6) is 0 Å². The van der Waals surface area contributed by atoms with Gasteiger partial charge in [0.1, 0.15) is 0 Å². The zero-order valence-electron chi connectivity index (χ0n) is 41.9. The maximum atomic E-state index is 12.4. The third-order valence-electron chi connectivity index (χ3n) is 12.8. The van der Waals surface area contributed by atoms with Crippen LogP contribution in [0.15, 0.2) is 48.6 Å². The zero-order chi connectivity index (χ0) is 44.9. The Kier molecular flexibility index (Phi) is 52.3. The third kappa shape index (κ3) is 49.4. The average Bonchev–Trinajstić information content (AvgIpc) is 3.28. The smallest absolute Gasteiger partial charge is 0.220 e. The highest BCUT2D eigenvalue weighted by molar-refractivity contribution is 5.76. The molecule has 0 spiro atoms. The first kappa shape index (κ1) is 60.4. The van der Waals surface area contributed by atoms with Crippen LogP contribution in [0.3, 0.4) is 0 Å². The van der Waals surface area contributed by atoms with Crippen molar-refractivity contribution in [1.29, 1.82) is 0 Å². The van der Waals surface area contributed by atoms with Crippen LogP contribution in [0.25, 0.3) is 0 Å². The molecule has 0 aliphatic carbocycles. The Morgan fingerprint density at radius 3 is 0.968 bits per heavy atom. The number of nitrogens with one attached hydrogen (secondary N) is 1. The molecule has 364 valence electrons. The minimum absolute atomic E-state index is 0.0751. The number of aliphatic hydroxyl groups is 2. The molecule has 0 heterocycles. The number of rotatable bonds is 51. The van der Waals surface area contributed by atoms with Crippen molar-refractivity contribution < 1.29 is 15.0 Å². The summed E-state index contributed by atoms with van der Waals surface area (Å²) in [5.74, 6) is -0.0751. The minimum Gasteiger partial charge on any atom is -0.394 e. The lowest BCUT2D eigenvalue weighted by atomic mass is 10.0. The van der Waals surface area contributed by atoms with E-state index in [0.29, 0.717) is 6.42 Å². The molecule has 62 heavy (non-hydrogen) atoms. The number of hydrogen-bond donors (Lipinski definition) is 3.